The first-order valence-electron chi connectivity index (χ1n) is 5.17. The molecule has 3 aliphatic heterocycles. The lowest BCUT2D eigenvalue weighted by Crippen LogP contribution is -2.70. The smallest absolute Gasteiger partial charge is 0.244 e. The number of nitrogen functional groups attached to an aromatic ring is 1. The molecule has 3 fully saturated rings. The SMILES string of the molecule is Nc1ccccc1N1CC2CC(N2)C1=O. The summed E-state index contributed by atoms with van der Waals surface area (Å²) in [7, 11) is 0. The van der Waals surface area contributed by atoms with Gasteiger partial charge in [-0.25, -0.2) is 0 Å². The first kappa shape index (κ1) is 8.73. The van der Waals surface area contributed by atoms with Crippen molar-refractivity contribution in [2.24, 2.45) is 0 Å². The Bertz CT molecular complexity index is 412. The lowest BCUT2D eigenvalue weighted by Gasteiger charge is -2.47. The van der Waals surface area contributed by atoms with Crippen LogP contribution in [0.1, 0.15) is 6.42 Å². The molecule has 1 aromatic rings. The van der Waals surface area contributed by atoms with Gasteiger partial charge in [-0.05, 0) is 18.6 Å². The number of anilines is 2. The number of carbonyl (C=O) groups excluding carboxylic acids is 1. The van der Waals surface area contributed by atoms with Gasteiger partial charge in [0.2, 0.25) is 5.91 Å². The third-order valence-corrected chi connectivity index (χ3v) is 3.15. The maximum absolute atomic E-state index is 11.9. The van der Waals surface area contributed by atoms with E-state index in [9.17, 15) is 4.79 Å². The summed E-state index contributed by atoms with van der Waals surface area (Å²) in [5.74, 6) is 0.149. The van der Waals surface area contributed by atoms with Crippen LogP contribution in [0.4, 0.5) is 11.4 Å². The number of nitrogens with one attached hydrogen (secondary N) is 1. The summed E-state index contributed by atoms with van der Waals surface area (Å²) < 4.78 is 0. The quantitative estimate of drug-likeness (QED) is 0.647. The Hall–Kier alpha value is -1.55. The molecule has 78 valence electrons. The van der Waals surface area contributed by atoms with Crippen molar-refractivity contribution in [3.05, 3.63) is 24.3 Å². The number of benzene rings is 1. The second-order valence-electron chi connectivity index (χ2n) is 4.16. The minimum Gasteiger partial charge on any atom is -0.397 e. The molecule has 0 aromatic heterocycles. The first-order chi connectivity index (χ1) is 7.25. The van der Waals surface area contributed by atoms with E-state index in [2.05, 4.69) is 5.32 Å². The van der Waals surface area contributed by atoms with Gasteiger partial charge >= 0.3 is 0 Å². The fourth-order valence-corrected chi connectivity index (χ4v) is 2.29. The molecule has 2 unspecified atom stereocenters. The van der Waals surface area contributed by atoms with E-state index in [1.807, 2.05) is 24.3 Å². The summed E-state index contributed by atoms with van der Waals surface area (Å²) in [5, 5.41) is 3.22. The summed E-state index contributed by atoms with van der Waals surface area (Å²) in [6.07, 6.45) is 0.974. The van der Waals surface area contributed by atoms with Gasteiger partial charge in [0.25, 0.3) is 0 Å². The van der Waals surface area contributed by atoms with E-state index >= 15 is 0 Å². The molecule has 0 radical (unpaired) electrons. The second kappa shape index (κ2) is 2.97. The average Bonchev–Trinajstić information content (AvgIpc) is 2.17. The van der Waals surface area contributed by atoms with Crippen molar-refractivity contribution in [3.63, 3.8) is 0 Å². The molecule has 1 amide bonds. The van der Waals surface area contributed by atoms with E-state index in [4.69, 9.17) is 5.73 Å². The van der Waals surface area contributed by atoms with Crippen LogP contribution in [0.5, 0.6) is 0 Å². The maximum Gasteiger partial charge on any atom is 0.244 e. The molecular weight excluding hydrogens is 190 g/mol. The fraction of sp³-hybridized carbons (Fsp3) is 0.364. The molecule has 0 spiro atoms. The van der Waals surface area contributed by atoms with Crippen LogP contribution in [-0.4, -0.2) is 24.5 Å². The van der Waals surface area contributed by atoms with Gasteiger partial charge in [-0.2, -0.15) is 0 Å². The zero-order chi connectivity index (χ0) is 10.4. The van der Waals surface area contributed by atoms with Crippen molar-refractivity contribution in [1.29, 1.82) is 0 Å². The molecule has 1 aromatic carbocycles. The Morgan fingerprint density at radius 1 is 1.40 bits per heavy atom. The van der Waals surface area contributed by atoms with Crippen molar-refractivity contribution in [3.8, 4) is 0 Å². The number of piperidine rings is 1. The van der Waals surface area contributed by atoms with Gasteiger partial charge in [-0.3, -0.25) is 4.79 Å². The van der Waals surface area contributed by atoms with Gasteiger partial charge in [0.15, 0.2) is 0 Å². The van der Waals surface area contributed by atoms with Crippen molar-refractivity contribution >= 4 is 17.3 Å². The van der Waals surface area contributed by atoms with Crippen LogP contribution in [-0.2, 0) is 4.79 Å². The minimum absolute atomic E-state index is 0.0170. The highest BCUT2D eigenvalue weighted by Crippen LogP contribution is 2.30. The Labute approximate surface area is 88.1 Å². The molecule has 3 heterocycles. The number of hydrogen-bond acceptors (Lipinski definition) is 3. The highest BCUT2D eigenvalue weighted by molar-refractivity contribution is 6.01. The molecule has 3 aliphatic rings. The van der Waals surface area contributed by atoms with Gasteiger partial charge in [0.05, 0.1) is 17.4 Å². The van der Waals surface area contributed by atoms with Crippen molar-refractivity contribution in [2.45, 2.75) is 18.5 Å². The lowest BCUT2D eigenvalue weighted by molar-refractivity contribution is -0.125. The monoisotopic (exact) mass is 203 g/mol. The number of hydrogen-bond donors (Lipinski definition) is 2. The van der Waals surface area contributed by atoms with Crippen LogP contribution in [0, 0.1) is 0 Å². The Morgan fingerprint density at radius 2 is 2.13 bits per heavy atom. The van der Waals surface area contributed by atoms with Crippen LogP contribution in [0.3, 0.4) is 0 Å². The van der Waals surface area contributed by atoms with Crippen LogP contribution in [0.25, 0.3) is 0 Å². The maximum atomic E-state index is 11.9. The number of nitrogens with two attached hydrogens (primary N) is 1. The largest absolute Gasteiger partial charge is 0.397 e. The topological polar surface area (TPSA) is 58.4 Å². The van der Waals surface area contributed by atoms with E-state index in [0.717, 1.165) is 18.7 Å². The molecule has 0 aliphatic carbocycles. The van der Waals surface area contributed by atoms with Crippen molar-refractivity contribution in [1.82, 2.24) is 5.32 Å². The number of carbonyl (C=O) groups is 1. The second-order valence-corrected chi connectivity index (χ2v) is 4.16. The third kappa shape index (κ3) is 1.22. The van der Waals surface area contributed by atoms with E-state index in [1.54, 1.807) is 4.90 Å². The third-order valence-electron chi connectivity index (χ3n) is 3.15. The molecule has 3 N–H and O–H groups in total. The van der Waals surface area contributed by atoms with Crippen LogP contribution in [0.15, 0.2) is 24.3 Å². The number of nitrogens with zero attached hydrogens (tertiary/aromatic N) is 1. The van der Waals surface area contributed by atoms with Crippen molar-refractivity contribution < 1.29 is 4.79 Å². The van der Waals surface area contributed by atoms with Crippen LogP contribution in [0.2, 0.25) is 0 Å². The Morgan fingerprint density at radius 3 is 2.80 bits per heavy atom. The van der Waals surface area contributed by atoms with Gasteiger partial charge in [0.1, 0.15) is 0 Å². The zero-order valence-electron chi connectivity index (χ0n) is 8.31. The number of para-hydroxylation sites is 2. The molecule has 4 rings (SSSR count). The van der Waals surface area contributed by atoms with E-state index in [-0.39, 0.29) is 11.9 Å². The highest BCUT2D eigenvalue weighted by Gasteiger charge is 2.43. The number of rotatable bonds is 1. The molecular formula is C11H13N3O. The predicted molar refractivity (Wildman–Crippen MR) is 58.5 cm³/mol. The molecule has 3 saturated heterocycles. The molecule has 0 saturated carbocycles. The van der Waals surface area contributed by atoms with Gasteiger partial charge < -0.3 is 16.0 Å². The fourth-order valence-electron chi connectivity index (χ4n) is 2.29. The minimum atomic E-state index is 0.0170. The molecule has 4 heteroatoms. The summed E-state index contributed by atoms with van der Waals surface area (Å²) in [4.78, 5) is 13.7. The van der Waals surface area contributed by atoms with E-state index in [0.29, 0.717) is 11.7 Å². The summed E-state index contributed by atoms with van der Waals surface area (Å²) in [6, 6.07) is 7.99. The van der Waals surface area contributed by atoms with Gasteiger partial charge in [-0.15, -0.1) is 0 Å². The Balaban J connectivity index is 1.94. The molecule has 2 atom stereocenters. The summed E-state index contributed by atoms with van der Waals surface area (Å²) in [5.41, 5.74) is 7.38. The molecule has 2 bridgehead atoms. The Kier molecular flexibility index (Phi) is 1.73. The number of piperazine rings is 1. The first-order valence-corrected chi connectivity index (χ1v) is 5.17. The number of amides is 1. The van der Waals surface area contributed by atoms with Crippen LogP contribution < -0.4 is 16.0 Å². The molecule has 15 heavy (non-hydrogen) atoms. The van der Waals surface area contributed by atoms with E-state index < -0.39 is 0 Å². The normalized spacial score (nSPS) is 28.8. The molecule has 4 nitrogen and oxygen atoms in total. The predicted octanol–water partition coefficient (Wildman–Crippen LogP) is 0.346. The van der Waals surface area contributed by atoms with Crippen LogP contribution >= 0.6 is 0 Å². The number of fused-ring (bicyclic) bond motifs is 2. The average molecular weight is 203 g/mol. The van der Waals surface area contributed by atoms with Crippen molar-refractivity contribution in [2.75, 3.05) is 17.2 Å². The lowest BCUT2D eigenvalue weighted by atomic mass is 9.90. The zero-order valence-corrected chi connectivity index (χ0v) is 8.31. The van der Waals surface area contributed by atoms with Gasteiger partial charge in [-0.1, -0.05) is 12.1 Å². The van der Waals surface area contributed by atoms with E-state index in [1.165, 1.54) is 0 Å². The highest BCUT2D eigenvalue weighted by atomic mass is 16.2. The summed E-state index contributed by atoms with van der Waals surface area (Å²) in [6.45, 7) is 0.740. The standard InChI is InChI=1S/C11H13N3O/c12-8-3-1-2-4-10(8)14-6-7-5-9(13-7)11(14)15/h1-4,7,9,13H,5-6,12H2. The van der Waals surface area contributed by atoms with Gasteiger partial charge in [0, 0.05) is 12.6 Å². The summed E-state index contributed by atoms with van der Waals surface area (Å²) >= 11 is 0.